The van der Waals surface area contributed by atoms with Crippen LogP contribution in [0.3, 0.4) is 0 Å². The Morgan fingerprint density at radius 2 is 2.05 bits per heavy atom. The molecule has 1 N–H and O–H groups in total. The Morgan fingerprint density at radius 3 is 2.59 bits per heavy atom. The minimum Gasteiger partial charge on any atom is -0.494 e. The molecule has 1 heterocycles. The fourth-order valence-corrected chi connectivity index (χ4v) is 2.65. The minimum atomic E-state index is -0.309. The summed E-state index contributed by atoms with van der Waals surface area (Å²) in [5.41, 5.74) is 0.354. The van der Waals surface area contributed by atoms with Crippen LogP contribution in [0, 0.1) is 0 Å². The van der Waals surface area contributed by atoms with Crippen molar-refractivity contribution in [1.29, 1.82) is 0 Å². The van der Waals surface area contributed by atoms with Crippen LogP contribution < -0.4 is 10.1 Å². The van der Waals surface area contributed by atoms with Crippen LogP contribution in [0.15, 0.2) is 24.4 Å². The lowest BCUT2D eigenvalue weighted by Gasteiger charge is -2.14. The van der Waals surface area contributed by atoms with Gasteiger partial charge >= 0.3 is 0 Å². The van der Waals surface area contributed by atoms with E-state index < -0.39 is 0 Å². The fourth-order valence-electron chi connectivity index (χ4n) is 2.01. The molecule has 0 spiro atoms. The van der Waals surface area contributed by atoms with Crippen LogP contribution >= 0.6 is 23.2 Å². The molecule has 1 atom stereocenters. The van der Waals surface area contributed by atoms with Gasteiger partial charge in [-0.2, -0.15) is 5.10 Å². The lowest BCUT2D eigenvalue weighted by molar-refractivity contribution is 0.102. The molecule has 2 aromatic rings. The van der Waals surface area contributed by atoms with E-state index in [0.29, 0.717) is 17.1 Å². The van der Waals surface area contributed by atoms with Crippen LogP contribution in [0.25, 0.3) is 0 Å². The molecule has 0 fully saturated rings. The average Bonchev–Trinajstić information content (AvgIpc) is 2.94. The van der Waals surface area contributed by atoms with Gasteiger partial charge in [0, 0.05) is 11.6 Å². The molecule has 118 valence electrons. The Balaban J connectivity index is 2.25. The molecule has 0 saturated carbocycles. The first kappa shape index (κ1) is 16.6. The number of hydrogen-bond donors (Lipinski definition) is 1. The molecule has 0 aliphatic rings. The molecule has 1 aromatic carbocycles. The Morgan fingerprint density at radius 1 is 1.41 bits per heavy atom. The van der Waals surface area contributed by atoms with Crippen LogP contribution in [0.2, 0.25) is 10.0 Å². The quantitative estimate of drug-likeness (QED) is 0.875. The van der Waals surface area contributed by atoms with Gasteiger partial charge in [0.2, 0.25) is 0 Å². The van der Waals surface area contributed by atoms with Crippen molar-refractivity contribution in [2.45, 2.75) is 26.3 Å². The van der Waals surface area contributed by atoms with E-state index in [4.69, 9.17) is 27.9 Å². The molecule has 2 rings (SSSR count). The Kier molecular flexibility index (Phi) is 5.32. The second-order valence-corrected chi connectivity index (χ2v) is 5.66. The lowest BCUT2D eigenvalue weighted by Crippen LogP contribution is -2.17. The Labute approximate surface area is 139 Å². The van der Waals surface area contributed by atoms with E-state index in [-0.39, 0.29) is 22.0 Å². The molecule has 1 unspecified atom stereocenters. The summed E-state index contributed by atoms with van der Waals surface area (Å²) >= 11 is 12.1. The zero-order valence-corrected chi connectivity index (χ0v) is 14.1. The van der Waals surface area contributed by atoms with E-state index in [1.54, 1.807) is 16.9 Å². The normalized spacial score (nSPS) is 12.0. The van der Waals surface area contributed by atoms with Crippen LogP contribution in [0.4, 0.5) is 5.82 Å². The second-order valence-electron chi connectivity index (χ2n) is 4.85. The highest BCUT2D eigenvalue weighted by molar-refractivity contribution is 6.37. The van der Waals surface area contributed by atoms with Gasteiger partial charge in [-0.3, -0.25) is 4.79 Å². The van der Waals surface area contributed by atoms with Gasteiger partial charge in [0.05, 0.1) is 29.4 Å². The predicted octanol–water partition coefficient (Wildman–Crippen LogP) is 4.42. The smallest absolute Gasteiger partial charge is 0.256 e. The summed E-state index contributed by atoms with van der Waals surface area (Å²) in [6, 6.07) is 4.97. The van der Waals surface area contributed by atoms with E-state index in [2.05, 4.69) is 17.3 Å². The van der Waals surface area contributed by atoms with Crippen molar-refractivity contribution in [2.24, 2.45) is 0 Å². The summed E-state index contributed by atoms with van der Waals surface area (Å²) in [5.74, 6) is 0.670. The number of nitrogens with zero attached hydrogens (tertiary/aromatic N) is 2. The number of amides is 1. The number of benzene rings is 1. The van der Waals surface area contributed by atoms with Crippen molar-refractivity contribution >= 4 is 34.9 Å². The SMILES string of the molecule is CCC(C)n1nccc1NC(=O)c1cc(Cl)c(OC)c(Cl)c1. The number of carbonyl (C=O) groups is 1. The first-order chi connectivity index (χ1) is 10.5. The van der Waals surface area contributed by atoms with Crippen molar-refractivity contribution in [1.82, 2.24) is 9.78 Å². The van der Waals surface area contributed by atoms with Gasteiger partial charge in [-0.1, -0.05) is 30.1 Å². The van der Waals surface area contributed by atoms with Crippen LogP contribution in [-0.4, -0.2) is 22.8 Å². The molecule has 0 radical (unpaired) electrons. The topological polar surface area (TPSA) is 56.2 Å². The number of ether oxygens (including phenoxy) is 1. The maximum Gasteiger partial charge on any atom is 0.256 e. The van der Waals surface area contributed by atoms with Crippen molar-refractivity contribution in [2.75, 3.05) is 12.4 Å². The zero-order chi connectivity index (χ0) is 16.3. The van der Waals surface area contributed by atoms with Gasteiger partial charge in [-0.05, 0) is 25.5 Å². The molecule has 0 aliphatic heterocycles. The standard InChI is InChI=1S/C15H17Cl2N3O2/c1-4-9(2)20-13(5-6-18-20)19-15(21)10-7-11(16)14(22-3)12(17)8-10/h5-9H,4H2,1-3H3,(H,19,21). The van der Waals surface area contributed by atoms with Crippen molar-refractivity contribution in [3.8, 4) is 5.75 Å². The molecule has 7 heteroatoms. The highest BCUT2D eigenvalue weighted by Crippen LogP contribution is 2.34. The van der Waals surface area contributed by atoms with Crippen molar-refractivity contribution in [3.05, 3.63) is 40.0 Å². The minimum absolute atomic E-state index is 0.188. The van der Waals surface area contributed by atoms with Crippen molar-refractivity contribution < 1.29 is 9.53 Å². The number of halogens is 2. The van der Waals surface area contributed by atoms with Gasteiger partial charge in [-0.25, -0.2) is 4.68 Å². The number of aromatic nitrogens is 2. The monoisotopic (exact) mass is 341 g/mol. The number of anilines is 1. The summed E-state index contributed by atoms with van der Waals surface area (Å²) in [7, 11) is 1.47. The number of hydrogen-bond acceptors (Lipinski definition) is 3. The molecule has 22 heavy (non-hydrogen) atoms. The summed E-state index contributed by atoms with van der Waals surface area (Å²) in [5, 5.41) is 7.62. The molecular weight excluding hydrogens is 325 g/mol. The molecule has 1 amide bonds. The number of nitrogens with one attached hydrogen (secondary N) is 1. The largest absolute Gasteiger partial charge is 0.494 e. The third-order valence-electron chi connectivity index (χ3n) is 3.38. The first-order valence-electron chi connectivity index (χ1n) is 6.85. The Bertz CT molecular complexity index is 662. The van der Waals surface area contributed by atoms with Gasteiger partial charge in [0.1, 0.15) is 5.82 Å². The summed E-state index contributed by atoms with van der Waals surface area (Å²) in [4.78, 5) is 12.4. The third-order valence-corrected chi connectivity index (χ3v) is 3.95. The van der Waals surface area contributed by atoms with Gasteiger partial charge in [-0.15, -0.1) is 0 Å². The second kappa shape index (κ2) is 7.03. The van der Waals surface area contributed by atoms with Crippen molar-refractivity contribution in [3.63, 3.8) is 0 Å². The number of carbonyl (C=O) groups excluding carboxylic acids is 1. The molecule has 0 saturated heterocycles. The van der Waals surface area contributed by atoms with E-state index in [0.717, 1.165) is 6.42 Å². The van der Waals surface area contributed by atoms with Gasteiger partial charge in [0.15, 0.2) is 5.75 Å². The van der Waals surface area contributed by atoms with Crippen LogP contribution in [-0.2, 0) is 0 Å². The molecule has 5 nitrogen and oxygen atoms in total. The molecule has 1 aromatic heterocycles. The molecular formula is C15H17Cl2N3O2. The third kappa shape index (κ3) is 3.36. The summed E-state index contributed by atoms with van der Waals surface area (Å²) in [6.07, 6.45) is 2.56. The highest BCUT2D eigenvalue weighted by atomic mass is 35.5. The molecule has 0 aliphatic carbocycles. The van der Waals surface area contributed by atoms with Gasteiger partial charge < -0.3 is 10.1 Å². The average molecular weight is 342 g/mol. The predicted molar refractivity (Wildman–Crippen MR) is 88.2 cm³/mol. The van der Waals surface area contributed by atoms with Gasteiger partial charge in [0.25, 0.3) is 5.91 Å². The maximum absolute atomic E-state index is 12.4. The highest BCUT2D eigenvalue weighted by Gasteiger charge is 2.16. The lowest BCUT2D eigenvalue weighted by atomic mass is 10.2. The van der Waals surface area contributed by atoms with Crippen LogP contribution in [0.1, 0.15) is 36.7 Å². The number of rotatable bonds is 5. The van der Waals surface area contributed by atoms with E-state index in [1.165, 1.54) is 19.2 Å². The molecule has 0 bridgehead atoms. The first-order valence-corrected chi connectivity index (χ1v) is 7.61. The van der Waals surface area contributed by atoms with E-state index in [1.807, 2.05) is 6.92 Å². The van der Waals surface area contributed by atoms with E-state index in [9.17, 15) is 4.79 Å². The zero-order valence-electron chi connectivity index (χ0n) is 12.6. The van der Waals surface area contributed by atoms with Crippen LogP contribution in [0.5, 0.6) is 5.75 Å². The number of methoxy groups -OCH3 is 1. The summed E-state index contributed by atoms with van der Waals surface area (Å²) in [6.45, 7) is 4.09. The summed E-state index contributed by atoms with van der Waals surface area (Å²) < 4.78 is 6.84. The fraction of sp³-hybridized carbons (Fsp3) is 0.333. The maximum atomic E-state index is 12.4. The Hall–Kier alpha value is -1.72. The van der Waals surface area contributed by atoms with E-state index >= 15 is 0 Å².